The van der Waals surface area contributed by atoms with Gasteiger partial charge in [-0.05, 0) is 39.5 Å². The average molecular weight is 251 g/mol. The fourth-order valence-electron chi connectivity index (χ4n) is 2.55. The molecule has 1 amide bonds. The van der Waals surface area contributed by atoms with Gasteiger partial charge in [0, 0.05) is 18.6 Å². The maximum absolute atomic E-state index is 12.3. The lowest BCUT2D eigenvalue weighted by atomic mass is 9.90. The van der Waals surface area contributed by atoms with E-state index < -0.39 is 0 Å². The molecule has 1 aliphatic carbocycles. The molecule has 1 fully saturated rings. The Labute approximate surface area is 107 Å². The maximum atomic E-state index is 12.3. The zero-order valence-corrected chi connectivity index (χ0v) is 11.0. The second-order valence-corrected chi connectivity index (χ2v) is 4.90. The molecule has 0 atom stereocenters. The fourth-order valence-corrected chi connectivity index (χ4v) is 2.55. The maximum Gasteiger partial charge on any atom is 0.293 e. The average Bonchev–Trinajstić information content (AvgIpc) is 2.79. The number of H-pyrrole nitrogens is 1. The summed E-state index contributed by atoms with van der Waals surface area (Å²) in [5.74, 6) is 0.853. The number of aromatic nitrogens is 3. The minimum atomic E-state index is -0.0812. The third kappa shape index (κ3) is 2.69. The van der Waals surface area contributed by atoms with Crippen LogP contribution in [-0.2, 0) is 0 Å². The molecule has 0 aliphatic heterocycles. The highest BCUT2D eigenvalue weighted by atomic mass is 16.2. The summed E-state index contributed by atoms with van der Waals surface area (Å²) in [5.41, 5.74) is 5.90. The number of aryl methyl sites for hydroxylation is 1. The molecule has 100 valence electrons. The van der Waals surface area contributed by atoms with Gasteiger partial charge in [-0.1, -0.05) is 0 Å². The monoisotopic (exact) mass is 251 g/mol. The van der Waals surface area contributed by atoms with E-state index in [1.54, 1.807) is 6.92 Å². The van der Waals surface area contributed by atoms with Gasteiger partial charge in [0.15, 0.2) is 0 Å². The zero-order chi connectivity index (χ0) is 13.1. The van der Waals surface area contributed by atoms with Crippen molar-refractivity contribution in [1.82, 2.24) is 20.1 Å². The fraction of sp³-hybridized carbons (Fsp3) is 0.750. The Balaban J connectivity index is 2.06. The first-order valence-electron chi connectivity index (χ1n) is 6.57. The van der Waals surface area contributed by atoms with Crippen LogP contribution in [0.3, 0.4) is 0 Å². The molecule has 1 saturated carbocycles. The number of carbonyl (C=O) groups is 1. The number of nitrogens with two attached hydrogens (primary N) is 1. The Morgan fingerprint density at radius 2 is 2.11 bits per heavy atom. The first-order valence-corrected chi connectivity index (χ1v) is 6.57. The van der Waals surface area contributed by atoms with Crippen molar-refractivity contribution in [2.45, 2.75) is 51.6 Å². The lowest BCUT2D eigenvalue weighted by Gasteiger charge is -2.34. The molecule has 6 heteroatoms. The van der Waals surface area contributed by atoms with E-state index in [1.165, 1.54) is 0 Å². The Bertz CT molecular complexity index is 408. The quantitative estimate of drug-likeness (QED) is 0.833. The molecule has 18 heavy (non-hydrogen) atoms. The van der Waals surface area contributed by atoms with Crippen molar-refractivity contribution in [1.29, 1.82) is 0 Å². The normalized spacial score (nSPS) is 23.9. The molecule has 0 unspecified atom stereocenters. The molecule has 0 aromatic carbocycles. The third-order valence-corrected chi connectivity index (χ3v) is 3.57. The van der Waals surface area contributed by atoms with E-state index in [-0.39, 0.29) is 17.8 Å². The number of nitrogens with one attached hydrogen (secondary N) is 1. The molecular formula is C12H21N5O. The number of rotatable bonds is 3. The van der Waals surface area contributed by atoms with Crippen LogP contribution in [0.4, 0.5) is 0 Å². The van der Waals surface area contributed by atoms with E-state index in [1.807, 2.05) is 11.8 Å². The van der Waals surface area contributed by atoms with Gasteiger partial charge in [0.05, 0.1) is 0 Å². The van der Waals surface area contributed by atoms with Crippen molar-refractivity contribution >= 4 is 5.91 Å². The third-order valence-electron chi connectivity index (χ3n) is 3.57. The molecule has 1 aromatic rings. The topological polar surface area (TPSA) is 87.9 Å². The van der Waals surface area contributed by atoms with Gasteiger partial charge in [0.1, 0.15) is 5.82 Å². The molecular weight excluding hydrogens is 230 g/mol. The summed E-state index contributed by atoms with van der Waals surface area (Å²) in [6, 6.07) is 0.571. The predicted molar refractivity (Wildman–Crippen MR) is 68.1 cm³/mol. The highest BCUT2D eigenvalue weighted by Gasteiger charge is 2.28. The van der Waals surface area contributed by atoms with Crippen LogP contribution in [0, 0.1) is 6.92 Å². The summed E-state index contributed by atoms with van der Waals surface area (Å²) in [7, 11) is 0. The standard InChI is InChI=1S/C12H21N5O/c1-3-17(10-6-4-9(13)5-7-10)12(18)11-14-8(2)15-16-11/h9-10H,3-7,13H2,1-2H3,(H,14,15,16). The van der Waals surface area contributed by atoms with Crippen LogP contribution in [0.25, 0.3) is 0 Å². The summed E-state index contributed by atoms with van der Waals surface area (Å²) in [6.45, 7) is 4.47. The zero-order valence-electron chi connectivity index (χ0n) is 11.0. The summed E-state index contributed by atoms with van der Waals surface area (Å²) in [6.07, 6.45) is 3.93. The molecule has 0 saturated heterocycles. The largest absolute Gasteiger partial charge is 0.333 e. The number of hydrogen-bond donors (Lipinski definition) is 2. The van der Waals surface area contributed by atoms with Gasteiger partial charge in [0.2, 0.25) is 5.82 Å². The highest BCUT2D eigenvalue weighted by Crippen LogP contribution is 2.22. The van der Waals surface area contributed by atoms with Crippen LogP contribution in [-0.4, -0.2) is 44.6 Å². The summed E-state index contributed by atoms with van der Waals surface area (Å²) < 4.78 is 0. The molecule has 0 bridgehead atoms. The molecule has 3 N–H and O–H groups in total. The summed E-state index contributed by atoms with van der Waals surface area (Å²) in [4.78, 5) is 18.3. The van der Waals surface area contributed by atoms with E-state index in [0.29, 0.717) is 18.4 Å². The van der Waals surface area contributed by atoms with Crippen molar-refractivity contribution < 1.29 is 4.79 Å². The summed E-state index contributed by atoms with van der Waals surface area (Å²) in [5, 5.41) is 6.65. The van der Waals surface area contributed by atoms with Gasteiger partial charge in [-0.15, -0.1) is 5.10 Å². The Morgan fingerprint density at radius 3 is 2.61 bits per heavy atom. The first-order chi connectivity index (χ1) is 8.61. The second kappa shape index (κ2) is 5.48. The number of amides is 1. The van der Waals surface area contributed by atoms with Crippen LogP contribution in [0.1, 0.15) is 49.1 Å². The molecule has 6 nitrogen and oxygen atoms in total. The van der Waals surface area contributed by atoms with Gasteiger partial charge in [-0.25, -0.2) is 4.98 Å². The molecule has 1 aromatic heterocycles. The van der Waals surface area contributed by atoms with Gasteiger partial charge in [-0.2, -0.15) is 0 Å². The highest BCUT2D eigenvalue weighted by molar-refractivity contribution is 5.90. The number of aromatic amines is 1. The van der Waals surface area contributed by atoms with E-state index in [0.717, 1.165) is 25.7 Å². The molecule has 0 spiro atoms. The lowest BCUT2D eigenvalue weighted by Crippen LogP contribution is -2.44. The van der Waals surface area contributed by atoms with Crippen molar-refractivity contribution in [3.8, 4) is 0 Å². The van der Waals surface area contributed by atoms with Gasteiger partial charge < -0.3 is 10.6 Å². The van der Waals surface area contributed by atoms with Crippen LogP contribution < -0.4 is 5.73 Å². The van der Waals surface area contributed by atoms with Crippen molar-refractivity contribution in [3.63, 3.8) is 0 Å². The van der Waals surface area contributed by atoms with Crippen LogP contribution in [0.15, 0.2) is 0 Å². The predicted octanol–water partition coefficient (Wildman–Crippen LogP) is 0.845. The Morgan fingerprint density at radius 1 is 1.44 bits per heavy atom. The van der Waals surface area contributed by atoms with E-state index in [9.17, 15) is 4.79 Å². The van der Waals surface area contributed by atoms with Crippen molar-refractivity contribution in [3.05, 3.63) is 11.6 Å². The van der Waals surface area contributed by atoms with Crippen LogP contribution in [0.5, 0.6) is 0 Å². The number of hydrogen-bond acceptors (Lipinski definition) is 4. The Hall–Kier alpha value is -1.43. The minimum Gasteiger partial charge on any atom is -0.333 e. The van der Waals surface area contributed by atoms with E-state index >= 15 is 0 Å². The van der Waals surface area contributed by atoms with Crippen molar-refractivity contribution in [2.24, 2.45) is 5.73 Å². The van der Waals surface area contributed by atoms with Crippen LogP contribution >= 0.6 is 0 Å². The van der Waals surface area contributed by atoms with E-state index in [4.69, 9.17) is 5.73 Å². The van der Waals surface area contributed by atoms with Gasteiger partial charge >= 0.3 is 0 Å². The second-order valence-electron chi connectivity index (χ2n) is 4.90. The molecule has 1 heterocycles. The summed E-state index contributed by atoms with van der Waals surface area (Å²) >= 11 is 0. The molecule has 2 rings (SSSR count). The lowest BCUT2D eigenvalue weighted by molar-refractivity contribution is 0.0628. The number of nitrogens with zero attached hydrogens (tertiary/aromatic N) is 3. The smallest absolute Gasteiger partial charge is 0.293 e. The van der Waals surface area contributed by atoms with Crippen LogP contribution in [0.2, 0.25) is 0 Å². The van der Waals surface area contributed by atoms with E-state index in [2.05, 4.69) is 15.2 Å². The molecule has 0 radical (unpaired) electrons. The van der Waals surface area contributed by atoms with Crippen molar-refractivity contribution in [2.75, 3.05) is 6.54 Å². The minimum absolute atomic E-state index is 0.0812. The molecule has 1 aliphatic rings. The Kier molecular flexibility index (Phi) is 3.96. The van der Waals surface area contributed by atoms with Gasteiger partial charge in [-0.3, -0.25) is 9.89 Å². The van der Waals surface area contributed by atoms with Gasteiger partial charge in [0.25, 0.3) is 5.91 Å². The number of carbonyl (C=O) groups excluding carboxylic acids is 1. The SMILES string of the molecule is CCN(C(=O)c1n[nH]c(C)n1)C1CCC(N)CC1. The first kappa shape index (κ1) is 13.0.